The number of nitrogens with one attached hydrogen (secondary N) is 1. The molecule has 0 bridgehead atoms. The molecule has 4 rings (SSSR count). The minimum Gasteiger partial charge on any atom is -0.347 e. The molecule has 3 aromatic rings. The fourth-order valence-corrected chi connectivity index (χ4v) is 4.31. The fourth-order valence-electron chi connectivity index (χ4n) is 3.26. The fraction of sp³-hybridized carbons (Fsp3) is 0.333. The van der Waals surface area contributed by atoms with E-state index in [9.17, 15) is 4.79 Å². The van der Waals surface area contributed by atoms with Crippen molar-refractivity contribution in [3.05, 3.63) is 46.6 Å². The summed E-state index contributed by atoms with van der Waals surface area (Å²) in [6, 6.07) is 8.08. The summed E-state index contributed by atoms with van der Waals surface area (Å²) in [4.78, 5) is 18.6. The first kappa shape index (κ1) is 14.5. The summed E-state index contributed by atoms with van der Waals surface area (Å²) >= 11 is 1.62. The predicted octanol–water partition coefficient (Wildman–Crippen LogP) is 4.25. The highest BCUT2D eigenvalue weighted by Gasteiger charge is 2.20. The highest BCUT2D eigenvalue weighted by molar-refractivity contribution is 7.16. The van der Waals surface area contributed by atoms with Gasteiger partial charge >= 0.3 is 0 Å². The van der Waals surface area contributed by atoms with Crippen LogP contribution in [0.4, 0.5) is 5.13 Å². The Kier molecular flexibility index (Phi) is 3.65. The second kappa shape index (κ2) is 5.81. The predicted molar refractivity (Wildman–Crippen MR) is 94.3 cm³/mol. The van der Waals surface area contributed by atoms with Crippen molar-refractivity contribution < 1.29 is 4.79 Å². The van der Waals surface area contributed by atoms with Gasteiger partial charge in [0.2, 0.25) is 0 Å². The molecule has 118 valence electrons. The third-order valence-corrected chi connectivity index (χ3v) is 5.39. The molecule has 2 aromatic heterocycles. The number of para-hydroxylation sites is 1. The zero-order valence-corrected chi connectivity index (χ0v) is 13.9. The summed E-state index contributed by atoms with van der Waals surface area (Å²) < 4.78 is 2.16. The van der Waals surface area contributed by atoms with Crippen LogP contribution in [0.5, 0.6) is 0 Å². The van der Waals surface area contributed by atoms with Gasteiger partial charge in [0, 0.05) is 28.5 Å². The molecule has 1 aliphatic carbocycles. The number of fused-ring (bicyclic) bond motifs is 2. The summed E-state index contributed by atoms with van der Waals surface area (Å²) in [5.74, 6) is -0.0662. The molecule has 4 nitrogen and oxygen atoms in total. The molecule has 0 unspecified atom stereocenters. The van der Waals surface area contributed by atoms with Crippen molar-refractivity contribution in [1.29, 1.82) is 0 Å². The maximum atomic E-state index is 12.7. The number of thiazole rings is 1. The number of amides is 1. The van der Waals surface area contributed by atoms with E-state index in [2.05, 4.69) is 27.9 Å². The molecule has 0 aliphatic heterocycles. The third kappa shape index (κ3) is 2.55. The Morgan fingerprint density at radius 2 is 2.22 bits per heavy atom. The van der Waals surface area contributed by atoms with Crippen molar-refractivity contribution in [2.24, 2.45) is 0 Å². The van der Waals surface area contributed by atoms with Gasteiger partial charge < -0.3 is 4.57 Å². The van der Waals surface area contributed by atoms with Gasteiger partial charge in [0.05, 0.1) is 11.3 Å². The van der Waals surface area contributed by atoms with Crippen molar-refractivity contribution >= 4 is 33.3 Å². The minimum atomic E-state index is -0.0662. The lowest BCUT2D eigenvalue weighted by Crippen LogP contribution is -2.11. The van der Waals surface area contributed by atoms with Gasteiger partial charge in [0.1, 0.15) is 0 Å². The minimum absolute atomic E-state index is 0.0662. The van der Waals surface area contributed by atoms with Gasteiger partial charge in [-0.05, 0) is 31.7 Å². The Hall–Kier alpha value is -2.14. The number of anilines is 1. The maximum Gasteiger partial charge on any atom is 0.259 e. The van der Waals surface area contributed by atoms with Crippen LogP contribution in [-0.4, -0.2) is 15.5 Å². The standard InChI is InChI=1S/C18H19N3OS/c1-2-10-21-11-13(12-6-3-4-8-15(12)21)17(22)20-18-19-14-7-5-9-16(14)23-18/h3-4,6,8,11H,2,5,7,9-10H2,1H3,(H,19,20,22). The van der Waals surface area contributed by atoms with Gasteiger partial charge in [-0.25, -0.2) is 4.98 Å². The van der Waals surface area contributed by atoms with E-state index in [1.54, 1.807) is 11.3 Å². The van der Waals surface area contributed by atoms with E-state index in [0.717, 1.165) is 47.4 Å². The van der Waals surface area contributed by atoms with Gasteiger partial charge in [0.25, 0.3) is 5.91 Å². The van der Waals surface area contributed by atoms with Crippen molar-refractivity contribution in [3.63, 3.8) is 0 Å². The number of hydrogen-bond donors (Lipinski definition) is 1. The normalized spacial score (nSPS) is 13.4. The maximum absolute atomic E-state index is 12.7. The van der Waals surface area contributed by atoms with Crippen LogP contribution >= 0.6 is 11.3 Å². The van der Waals surface area contributed by atoms with Crippen LogP contribution in [0.3, 0.4) is 0 Å². The number of aromatic nitrogens is 2. The molecule has 0 saturated heterocycles. The molecular formula is C18H19N3OS. The van der Waals surface area contributed by atoms with E-state index in [-0.39, 0.29) is 5.91 Å². The van der Waals surface area contributed by atoms with Crippen molar-refractivity contribution in [1.82, 2.24) is 9.55 Å². The molecular weight excluding hydrogens is 306 g/mol. The molecule has 0 spiro atoms. The van der Waals surface area contributed by atoms with E-state index in [1.165, 1.54) is 17.0 Å². The van der Waals surface area contributed by atoms with Gasteiger partial charge in [-0.1, -0.05) is 25.1 Å². The van der Waals surface area contributed by atoms with Crippen LogP contribution in [0.15, 0.2) is 30.5 Å². The lowest BCUT2D eigenvalue weighted by atomic mass is 10.1. The molecule has 2 heterocycles. The van der Waals surface area contributed by atoms with E-state index in [4.69, 9.17) is 0 Å². The Morgan fingerprint density at radius 3 is 3.04 bits per heavy atom. The second-order valence-corrected chi connectivity index (χ2v) is 7.03. The van der Waals surface area contributed by atoms with Gasteiger partial charge in [-0.2, -0.15) is 0 Å². The third-order valence-electron chi connectivity index (χ3n) is 4.31. The van der Waals surface area contributed by atoms with E-state index >= 15 is 0 Å². The summed E-state index contributed by atoms with van der Waals surface area (Å²) in [6.07, 6.45) is 6.33. The molecule has 0 radical (unpaired) electrons. The summed E-state index contributed by atoms with van der Waals surface area (Å²) in [5.41, 5.74) is 3.00. The monoisotopic (exact) mass is 325 g/mol. The van der Waals surface area contributed by atoms with E-state index in [1.807, 2.05) is 24.4 Å². The summed E-state index contributed by atoms with van der Waals surface area (Å²) in [7, 11) is 0. The van der Waals surface area contributed by atoms with Gasteiger partial charge in [-0.15, -0.1) is 11.3 Å². The van der Waals surface area contributed by atoms with Crippen LogP contribution in [-0.2, 0) is 19.4 Å². The van der Waals surface area contributed by atoms with Crippen LogP contribution in [0, 0.1) is 0 Å². The lowest BCUT2D eigenvalue weighted by molar-refractivity contribution is 0.102. The molecule has 1 aromatic carbocycles. The van der Waals surface area contributed by atoms with Crippen LogP contribution in [0.2, 0.25) is 0 Å². The number of rotatable bonds is 4. The number of benzene rings is 1. The van der Waals surface area contributed by atoms with Gasteiger partial charge in [-0.3, -0.25) is 10.1 Å². The highest BCUT2D eigenvalue weighted by Crippen LogP contribution is 2.31. The zero-order chi connectivity index (χ0) is 15.8. The van der Waals surface area contributed by atoms with Crippen molar-refractivity contribution in [2.45, 2.75) is 39.2 Å². The Balaban J connectivity index is 1.66. The SMILES string of the molecule is CCCn1cc(C(=O)Nc2nc3c(s2)CCC3)c2ccccc21. The van der Waals surface area contributed by atoms with Crippen LogP contribution in [0.1, 0.15) is 40.7 Å². The first-order valence-electron chi connectivity index (χ1n) is 8.14. The molecule has 1 amide bonds. The van der Waals surface area contributed by atoms with Crippen molar-refractivity contribution in [3.8, 4) is 0 Å². The number of carbonyl (C=O) groups excluding carboxylic acids is 1. The van der Waals surface area contributed by atoms with E-state index in [0.29, 0.717) is 0 Å². The molecule has 0 fully saturated rings. The Bertz CT molecular complexity index is 856. The average Bonchev–Trinajstić information content (AvgIpc) is 3.21. The van der Waals surface area contributed by atoms with Crippen LogP contribution in [0.25, 0.3) is 10.9 Å². The Morgan fingerprint density at radius 1 is 1.35 bits per heavy atom. The largest absolute Gasteiger partial charge is 0.347 e. The zero-order valence-electron chi connectivity index (χ0n) is 13.1. The topological polar surface area (TPSA) is 46.9 Å². The summed E-state index contributed by atoms with van der Waals surface area (Å²) in [6.45, 7) is 3.06. The molecule has 0 atom stereocenters. The molecule has 0 saturated carbocycles. The quantitative estimate of drug-likeness (QED) is 0.779. The van der Waals surface area contributed by atoms with E-state index < -0.39 is 0 Å². The molecule has 23 heavy (non-hydrogen) atoms. The molecule has 1 aliphatic rings. The number of nitrogens with zero attached hydrogens (tertiary/aromatic N) is 2. The highest BCUT2D eigenvalue weighted by atomic mass is 32.1. The smallest absolute Gasteiger partial charge is 0.259 e. The van der Waals surface area contributed by atoms with Gasteiger partial charge in [0.15, 0.2) is 5.13 Å². The first-order valence-corrected chi connectivity index (χ1v) is 8.95. The first-order chi connectivity index (χ1) is 11.3. The lowest BCUT2D eigenvalue weighted by Gasteiger charge is -2.01. The average molecular weight is 325 g/mol. The van der Waals surface area contributed by atoms with Crippen molar-refractivity contribution in [2.75, 3.05) is 5.32 Å². The Labute approximate surface area is 139 Å². The second-order valence-electron chi connectivity index (χ2n) is 5.95. The number of carbonyl (C=O) groups is 1. The molecule has 1 N–H and O–H groups in total. The molecule has 5 heteroatoms. The number of hydrogen-bond acceptors (Lipinski definition) is 3. The number of aryl methyl sites for hydroxylation is 3. The summed E-state index contributed by atoms with van der Waals surface area (Å²) in [5, 5.41) is 4.72. The van der Waals surface area contributed by atoms with Crippen LogP contribution < -0.4 is 5.32 Å².